The van der Waals surface area contributed by atoms with Gasteiger partial charge in [0.05, 0.1) is 32.4 Å². The Morgan fingerprint density at radius 3 is 1.32 bits per heavy atom. The lowest BCUT2D eigenvalue weighted by Crippen LogP contribution is -2.27. The molecule has 10 nitrogen and oxygen atoms in total. The molecule has 0 aromatic carbocycles. The predicted octanol–water partition coefficient (Wildman–Crippen LogP) is -0.126. The molecule has 0 spiro atoms. The molecular formula is C10H14N4O6S2-2. The van der Waals surface area contributed by atoms with Gasteiger partial charge in [0.15, 0.2) is 11.1 Å². The Bertz CT molecular complexity index is 655. The Kier molecular flexibility index (Phi) is 6.59. The zero-order valence-electron chi connectivity index (χ0n) is 11.9. The Hall–Kier alpha value is -1.60. The van der Waals surface area contributed by atoms with Gasteiger partial charge in [-0.3, -0.25) is 0 Å². The van der Waals surface area contributed by atoms with Crippen molar-refractivity contribution in [1.29, 1.82) is 10.5 Å². The fraction of sp³-hybridized carbons (Fsp3) is 0.800. The number of nitriles is 2. The third kappa shape index (κ3) is 8.63. The van der Waals surface area contributed by atoms with Crippen molar-refractivity contribution in [2.45, 2.75) is 37.8 Å². The van der Waals surface area contributed by atoms with E-state index < -0.39 is 55.7 Å². The molecular weight excluding hydrogens is 336 g/mol. The first-order chi connectivity index (χ1) is 9.74. The number of hydrogen-bond donors (Lipinski definition) is 0. The second kappa shape index (κ2) is 7.11. The number of azo groups is 1. The molecule has 0 fully saturated rings. The molecule has 124 valence electrons. The van der Waals surface area contributed by atoms with Crippen LogP contribution in [0.2, 0.25) is 0 Å². The van der Waals surface area contributed by atoms with Crippen LogP contribution in [0, 0.1) is 22.7 Å². The summed E-state index contributed by atoms with van der Waals surface area (Å²) in [7, 11) is -9.09. The summed E-state index contributed by atoms with van der Waals surface area (Å²) < 4.78 is 63.4. The number of rotatable bonds is 8. The van der Waals surface area contributed by atoms with Gasteiger partial charge < -0.3 is 9.11 Å². The third-order valence-electron chi connectivity index (χ3n) is 2.65. The van der Waals surface area contributed by atoms with Gasteiger partial charge >= 0.3 is 0 Å². The van der Waals surface area contributed by atoms with Crippen molar-refractivity contribution in [2.24, 2.45) is 10.2 Å². The van der Waals surface area contributed by atoms with Crippen LogP contribution < -0.4 is 0 Å². The molecule has 0 radical (unpaired) electrons. The minimum Gasteiger partial charge on any atom is -0.748 e. The van der Waals surface area contributed by atoms with Crippen LogP contribution in [0.15, 0.2) is 10.2 Å². The van der Waals surface area contributed by atoms with E-state index in [9.17, 15) is 25.9 Å². The summed E-state index contributed by atoms with van der Waals surface area (Å²) in [5, 5.41) is 25.1. The molecule has 22 heavy (non-hydrogen) atoms. The molecule has 12 heteroatoms. The molecule has 0 aliphatic heterocycles. The molecule has 0 saturated carbocycles. The molecule has 0 rings (SSSR count). The zero-order valence-corrected chi connectivity index (χ0v) is 13.5. The highest BCUT2D eigenvalue weighted by atomic mass is 32.2. The molecule has 0 saturated heterocycles. The van der Waals surface area contributed by atoms with Gasteiger partial charge in [-0.05, 0) is 13.8 Å². The highest BCUT2D eigenvalue weighted by Gasteiger charge is 2.29. The van der Waals surface area contributed by atoms with E-state index in [2.05, 4.69) is 10.2 Å². The first kappa shape index (κ1) is 20.4. The van der Waals surface area contributed by atoms with E-state index in [-0.39, 0.29) is 0 Å². The summed E-state index contributed by atoms with van der Waals surface area (Å²) in [6.07, 6.45) is -0.861. The fourth-order valence-electron chi connectivity index (χ4n) is 1.12. The SMILES string of the molecule is CC(C#N)(CCS(=O)(=O)[O-])N=NC(C)(C#N)CCS(=O)(=O)[O-]. The predicted molar refractivity (Wildman–Crippen MR) is 71.3 cm³/mol. The molecule has 0 aromatic heterocycles. The first-order valence-corrected chi connectivity index (χ1v) is 9.03. The lowest BCUT2D eigenvalue weighted by atomic mass is 10.0. The summed E-state index contributed by atoms with van der Waals surface area (Å²) in [4.78, 5) is 0. The molecule has 0 bridgehead atoms. The largest absolute Gasteiger partial charge is 0.748 e. The average molecular weight is 350 g/mol. The maximum Gasteiger partial charge on any atom is 0.165 e. The molecule has 2 unspecified atom stereocenters. The van der Waals surface area contributed by atoms with Gasteiger partial charge in [-0.1, -0.05) is 0 Å². The summed E-state index contributed by atoms with van der Waals surface area (Å²) >= 11 is 0. The Balaban J connectivity index is 5.15. The molecule has 2 atom stereocenters. The normalized spacial score (nSPS) is 18.1. The van der Waals surface area contributed by atoms with Gasteiger partial charge in [0.1, 0.15) is 0 Å². The van der Waals surface area contributed by atoms with Crippen molar-refractivity contribution in [3.05, 3.63) is 0 Å². The minimum absolute atomic E-state index is 0.430. The monoisotopic (exact) mass is 350 g/mol. The van der Waals surface area contributed by atoms with Crippen LogP contribution in [0.25, 0.3) is 0 Å². The lowest BCUT2D eigenvalue weighted by Gasteiger charge is -2.20. The standard InChI is InChI=1S/C10H16N4O6S2/c1-9(7-11,3-5-21(15,16)17)13-14-10(2,8-12)4-6-22(18,19)20/h3-6H2,1-2H3,(H,15,16,17)(H,18,19,20)/p-2. The molecule has 0 N–H and O–H groups in total. The van der Waals surface area contributed by atoms with Crippen LogP contribution in [0.3, 0.4) is 0 Å². The molecule has 0 heterocycles. The van der Waals surface area contributed by atoms with E-state index in [0.29, 0.717) is 0 Å². The number of nitrogens with zero attached hydrogens (tertiary/aromatic N) is 4. The third-order valence-corrected chi connectivity index (χ3v) is 4.06. The van der Waals surface area contributed by atoms with E-state index in [1.165, 1.54) is 13.8 Å². The second-order valence-electron chi connectivity index (χ2n) is 4.99. The van der Waals surface area contributed by atoms with Gasteiger partial charge in [-0.25, -0.2) is 16.8 Å². The van der Waals surface area contributed by atoms with E-state index in [1.54, 1.807) is 12.1 Å². The minimum atomic E-state index is -4.54. The zero-order chi connectivity index (χ0) is 17.7. The van der Waals surface area contributed by atoms with Crippen LogP contribution in [0.1, 0.15) is 26.7 Å². The summed E-state index contributed by atoms with van der Waals surface area (Å²) in [5.41, 5.74) is -3.32. The van der Waals surface area contributed by atoms with E-state index in [0.717, 1.165) is 0 Å². The van der Waals surface area contributed by atoms with Crippen LogP contribution in [-0.4, -0.2) is 48.5 Å². The lowest BCUT2D eigenvalue weighted by molar-refractivity contribution is 0.433. The second-order valence-corrected chi connectivity index (χ2v) is 8.04. The summed E-state index contributed by atoms with van der Waals surface area (Å²) in [6, 6.07) is 3.33. The maximum absolute atomic E-state index is 10.6. The van der Waals surface area contributed by atoms with Crippen LogP contribution in [0.5, 0.6) is 0 Å². The van der Waals surface area contributed by atoms with Crippen LogP contribution in [-0.2, 0) is 20.2 Å². The Morgan fingerprint density at radius 1 is 0.864 bits per heavy atom. The quantitative estimate of drug-likeness (QED) is 0.427. The van der Waals surface area contributed by atoms with Gasteiger partial charge in [-0.2, -0.15) is 20.8 Å². The fourth-order valence-corrected chi connectivity index (χ4v) is 2.42. The van der Waals surface area contributed by atoms with Crippen molar-refractivity contribution in [3.8, 4) is 12.1 Å². The van der Waals surface area contributed by atoms with Gasteiger partial charge in [0.2, 0.25) is 0 Å². The Morgan fingerprint density at radius 2 is 1.14 bits per heavy atom. The maximum atomic E-state index is 10.6. The van der Waals surface area contributed by atoms with Crippen molar-refractivity contribution >= 4 is 20.2 Å². The smallest absolute Gasteiger partial charge is 0.165 e. The van der Waals surface area contributed by atoms with Crippen LogP contribution >= 0.6 is 0 Å². The highest BCUT2D eigenvalue weighted by Crippen LogP contribution is 2.22. The average Bonchev–Trinajstić information content (AvgIpc) is 2.39. The van der Waals surface area contributed by atoms with Gasteiger partial charge in [0.25, 0.3) is 0 Å². The Labute approximate surface area is 129 Å². The molecule has 0 aliphatic rings. The number of hydrogen-bond acceptors (Lipinski definition) is 10. The van der Waals surface area contributed by atoms with Crippen molar-refractivity contribution in [1.82, 2.24) is 0 Å². The van der Waals surface area contributed by atoms with Crippen LogP contribution in [0.4, 0.5) is 0 Å². The van der Waals surface area contributed by atoms with E-state index in [4.69, 9.17) is 10.5 Å². The van der Waals surface area contributed by atoms with Gasteiger partial charge in [-0.15, -0.1) is 0 Å². The van der Waals surface area contributed by atoms with Crippen molar-refractivity contribution in [3.63, 3.8) is 0 Å². The first-order valence-electron chi connectivity index (χ1n) is 5.88. The molecule has 0 amide bonds. The molecule has 0 aliphatic carbocycles. The van der Waals surface area contributed by atoms with E-state index >= 15 is 0 Å². The topological polar surface area (TPSA) is 187 Å². The van der Waals surface area contributed by atoms with Gasteiger partial charge in [0, 0.05) is 24.3 Å². The summed E-state index contributed by atoms with van der Waals surface area (Å²) in [6.45, 7) is 2.42. The van der Waals surface area contributed by atoms with Crippen molar-refractivity contribution in [2.75, 3.05) is 11.5 Å². The summed E-state index contributed by atoms with van der Waals surface area (Å²) in [5.74, 6) is -1.68. The highest BCUT2D eigenvalue weighted by molar-refractivity contribution is 7.85. The molecule has 0 aromatic rings. The van der Waals surface area contributed by atoms with Crippen molar-refractivity contribution < 1.29 is 25.9 Å². The van der Waals surface area contributed by atoms with E-state index in [1.807, 2.05) is 0 Å².